The average molecular weight is 362 g/mol. The number of ether oxygens (including phenoxy) is 1. The summed E-state index contributed by atoms with van der Waals surface area (Å²) in [6, 6.07) is 17.2. The van der Waals surface area contributed by atoms with Crippen LogP contribution in [-0.4, -0.2) is 41.9 Å². The zero-order valence-electron chi connectivity index (χ0n) is 15.4. The van der Waals surface area contributed by atoms with Crippen LogP contribution in [0.4, 0.5) is 5.69 Å². The number of carbonyl (C=O) groups is 1. The largest absolute Gasteiger partial charge is 0.411 e. The standard InChI is InChI=1S/C21H22N4O2/c1-14-8-6-7-11-17(14)24-21-22-12-13-25(21)19(16-9-4-3-5-10-16)18-20(26)27-15(2)23-18/h3-11,18-19H,12-13H2,1-2H3,(H,22,24)/t18-,19+/m1/s1. The van der Waals surface area contributed by atoms with Gasteiger partial charge in [-0.25, -0.2) is 9.79 Å². The average Bonchev–Trinajstić information content (AvgIpc) is 3.25. The molecule has 2 aromatic rings. The first-order chi connectivity index (χ1) is 13.1. The van der Waals surface area contributed by atoms with Crippen molar-refractivity contribution in [3.8, 4) is 0 Å². The highest BCUT2D eigenvalue weighted by molar-refractivity contribution is 5.99. The minimum absolute atomic E-state index is 0.270. The highest BCUT2D eigenvalue weighted by atomic mass is 16.6. The molecule has 0 saturated heterocycles. The number of rotatable bonds is 4. The molecule has 2 heterocycles. The number of benzene rings is 2. The SMILES string of the molecule is CC1=N[C@H]([C@H](c2ccccc2)N2CCN=C2Nc2ccccc2C)C(=O)O1. The summed E-state index contributed by atoms with van der Waals surface area (Å²) in [5.74, 6) is 0.852. The lowest BCUT2D eigenvalue weighted by atomic mass is 9.98. The van der Waals surface area contributed by atoms with Crippen LogP contribution < -0.4 is 5.32 Å². The van der Waals surface area contributed by atoms with E-state index in [4.69, 9.17) is 4.74 Å². The Morgan fingerprint density at radius 2 is 1.85 bits per heavy atom. The van der Waals surface area contributed by atoms with Crippen LogP contribution in [0.5, 0.6) is 0 Å². The third kappa shape index (κ3) is 3.43. The number of para-hydroxylation sites is 1. The van der Waals surface area contributed by atoms with Crippen molar-refractivity contribution in [2.24, 2.45) is 9.98 Å². The molecule has 0 amide bonds. The molecule has 4 rings (SSSR count). The Morgan fingerprint density at radius 3 is 2.56 bits per heavy atom. The lowest BCUT2D eigenvalue weighted by molar-refractivity contribution is -0.136. The Balaban J connectivity index is 1.68. The second-order valence-electron chi connectivity index (χ2n) is 6.71. The second-order valence-corrected chi connectivity index (χ2v) is 6.71. The number of nitrogens with zero attached hydrogens (tertiary/aromatic N) is 3. The van der Waals surface area contributed by atoms with Crippen LogP contribution in [0, 0.1) is 6.92 Å². The van der Waals surface area contributed by atoms with Crippen molar-refractivity contribution < 1.29 is 9.53 Å². The van der Waals surface area contributed by atoms with Crippen molar-refractivity contribution in [1.82, 2.24) is 4.90 Å². The first-order valence-corrected chi connectivity index (χ1v) is 9.08. The van der Waals surface area contributed by atoms with Gasteiger partial charge in [-0.3, -0.25) is 4.99 Å². The fourth-order valence-electron chi connectivity index (χ4n) is 3.54. The van der Waals surface area contributed by atoms with Crippen LogP contribution in [0.15, 0.2) is 64.6 Å². The van der Waals surface area contributed by atoms with Gasteiger partial charge in [0.25, 0.3) is 0 Å². The van der Waals surface area contributed by atoms with E-state index in [9.17, 15) is 4.79 Å². The van der Waals surface area contributed by atoms with E-state index < -0.39 is 6.04 Å². The number of aryl methyl sites for hydroxylation is 1. The van der Waals surface area contributed by atoms with Gasteiger partial charge in [0.05, 0.1) is 12.6 Å². The highest BCUT2D eigenvalue weighted by Gasteiger charge is 2.41. The summed E-state index contributed by atoms with van der Waals surface area (Å²) >= 11 is 0. The van der Waals surface area contributed by atoms with Gasteiger partial charge in [0, 0.05) is 19.2 Å². The van der Waals surface area contributed by atoms with Gasteiger partial charge in [-0.2, -0.15) is 0 Å². The molecule has 0 aliphatic carbocycles. The van der Waals surface area contributed by atoms with E-state index in [-0.39, 0.29) is 12.0 Å². The Morgan fingerprint density at radius 1 is 1.11 bits per heavy atom. The molecule has 0 radical (unpaired) electrons. The molecule has 2 atom stereocenters. The van der Waals surface area contributed by atoms with E-state index in [1.165, 1.54) is 0 Å². The third-order valence-electron chi connectivity index (χ3n) is 4.85. The van der Waals surface area contributed by atoms with Gasteiger partial charge in [-0.1, -0.05) is 48.5 Å². The summed E-state index contributed by atoms with van der Waals surface area (Å²) in [6.45, 7) is 5.15. The summed E-state index contributed by atoms with van der Waals surface area (Å²) in [4.78, 5) is 23.7. The molecule has 0 spiro atoms. The fraction of sp³-hybridized carbons (Fsp3) is 0.286. The Hall–Kier alpha value is -3.15. The molecule has 0 aromatic heterocycles. The molecule has 2 aliphatic heterocycles. The molecule has 0 bridgehead atoms. The van der Waals surface area contributed by atoms with Crippen molar-refractivity contribution >= 4 is 23.5 Å². The van der Waals surface area contributed by atoms with Crippen molar-refractivity contribution in [3.63, 3.8) is 0 Å². The number of hydrogen-bond donors (Lipinski definition) is 1. The Kier molecular flexibility index (Phi) is 4.62. The second kappa shape index (κ2) is 7.23. The van der Waals surface area contributed by atoms with Crippen LogP contribution in [0.25, 0.3) is 0 Å². The van der Waals surface area contributed by atoms with Crippen molar-refractivity contribution in [3.05, 3.63) is 65.7 Å². The summed E-state index contributed by atoms with van der Waals surface area (Å²) in [6.07, 6.45) is 0. The number of hydrogen-bond acceptors (Lipinski definition) is 6. The molecule has 6 nitrogen and oxygen atoms in total. The number of cyclic esters (lactones) is 1. The minimum Gasteiger partial charge on any atom is -0.411 e. The Labute approximate surface area is 158 Å². The van der Waals surface area contributed by atoms with Crippen LogP contribution in [0.3, 0.4) is 0 Å². The number of anilines is 1. The molecule has 27 heavy (non-hydrogen) atoms. The predicted octanol–water partition coefficient (Wildman–Crippen LogP) is 3.16. The summed E-state index contributed by atoms with van der Waals surface area (Å²) < 4.78 is 5.23. The maximum absolute atomic E-state index is 12.5. The zero-order chi connectivity index (χ0) is 18.8. The molecule has 138 valence electrons. The van der Waals surface area contributed by atoms with Crippen molar-refractivity contribution in [2.75, 3.05) is 18.4 Å². The lowest BCUT2D eigenvalue weighted by Crippen LogP contribution is -2.43. The monoisotopic (exact) mass is 362 g/mol. The minimum atomic E-state index is -0.602. The summed E-state index contributed by atoms with van der Waals surface area (Å²) in [5.41, 5.74) is 3.15. The Bertz CT molecular complexity index is 907. The van der Waals surface area contributed by atoms with E-state index in [2.05, 4.69) is 33.2 Å². The van der Waals surface area contributed by atoms with Gasteiger partial charge in [0.1, 0.15) is 0 Å². The molecule has 6 heteroatoms. The number of aliphatic imine (C=N–C) groups is 2. The van der Waals surface area contributed by atoms with Gasteiger partial charge in [-0.15, -0.1) is 0 Å². The van der Waals surface area contributed by atoms with Crippen LogP contribution in [0.1, 0.15) is 24.1 Å². The van der Waals surface area contributed by atoms with Crippen LogP contribution in [0.2, 0.25) is 0 Å². The van der Waals surface area contributed by atoms with Gasteiger partial charge in [-0.05, 0) is 24.1 Å². The van der Waals surface area contributed by atoms with Crippen LogP contribution in [-0.2, 0) is 9.53 Å². The maximum atomic E-state index is 12.5. The van der Waals surface area contributed by atoms with Gasteiger partial charge < -0.3 is 15.0 Å². The number of guanidine groups is 1. The molecule has 0 unspecified atom stereocenters. The highest BCUT2D eigenvalue weighted by Crippen LogP contribution is 2.32. The van der Waals surface area contributed by atoms with Crippen molar-refractivity contribution in [2.45, 2.75) is 25.9 Å². The normalized spacial score (nSPS) is 20.1. The quantitative estimate of drug-likeness (QED) is 0.849. The van der Waals surface area contributed by atoms with E-state index in [0.29, 0.717) is 19.0 Å². The predicted molar refractivity (Wildman–Crippen MR) is 106 cm³/mol. The lowest BCUT2D eigenvalue weighted by Gasteiger charge is -2.32. The van der Waals surface area contributed by atoms with Gasteiger partial charge >= 0.3 is 5.97 Å². The van der Waals surface area contributed by atoms with Crippen molar-refractivity contribution in [1.29, 1.82) is 0 Å². The number of esters is 1. The smallest absolute Gasteiger partial charge is 0.339 e. The third-order valence-corrected chi connectivity index (χ3v) is 4.85. The maximum Gasteiger partial charge on any atom is 0.339 e. The summed E-state index contributed by atoms with van der Waals surface area (Å²) in [7, 11) is 0. The van der Waals surface area contributed by atoms with Gasteiger partial charge in [0.15, 0.2) is 17.9 Å². The zero-order valence-corrected chi connectivity index (χ0v) is 15.4. The molecular weight excluding hydrogens is 340 g/mol. The topological polar surface area (TPSA) is 66.3 Å². The fourth-order valence-corrected chi connectivity index (χ4v) is 3.54. The molecule has 0 saturated carbocycles. The first-order valence-electron chi connectivity index (χ1n) is 9.08. The van der Waals surface area contributed by atoms with Gasteiger partial charge in [0.2, 0.25) is 0 Å². The number of carbonyl (C=O) groups excluding carboxylic acids is 1. The van der Waals surface area contributed by atoms with E-state index >= 15 is 0 Å². The van der Waals surface area contributed by atoms with E-state index in [1.54, 1.807) is 6.92 Å². The van der Waals surface area contributed by atoms with E-state index in [1.807, 2.05) is 48.5 Å². The number of nitrogens with one attached hydrogen (secondary N) is 1. The van der Waals surface area contributed by atoms with E-state index in [0.717, 1.165) is 22.8 Å². The summed E-state index contributed by atoms with van der Waals surface area (Å²) in [5, 5.41) is 3.43. The molecular formula is C21H22N4O2. The molecule has 2 aliphatic rings. The molecule has 2 aromatic carbocycles. The molecule has 0 fully saturated rings. The van der Waals surface area contributed by atoms with Crippen LogP contribution >= 0.6 is 0 Å². The first kappa shape index (κ1) is 17.3. The molecule has 1 N–H and O–H groups in total.